The molecule has 0 aliphatic carbocycles. The Morgan fingerprint density at radius 1 is 1.26 bits per heavy atom. The fourth-order valence-electron chi connectivity index (χ4n) is 3.58. The first-order valence-electron chi connectivity index (χ1n) is 10.0. The van der Waals surface area contributed by atoms with E-state index in [0.29, 0.717) is 23.0 Å². The molecule has 0 aromatic heterocycles. The van der Waals surface area contributed by atoms with E-state index in [1.807, 2.05) is 4.90 Å². The maximum atomic E-state index is 12.4. The molecule has 0 bridgehead atoms. The topological polar surface area (TPSA) is 111 Å². The van der Waals surface area contributed by atoms with Crippen molar-refractivity contribution in [2.24, 2.45) is 5.92 Å². The molecule has 1 fully saturated rings. The summed E-state index contributed by atoms with van der Waals surface area (Å²) in [6.45, 7) is 3.06. The van der Waals surface area contributed by atoms with Crippen molar-refractivity contribution in [1.29, 1.82) is 0 Å². The summed E-state index contributed by atoms with van der Waals surface area (Å²) in [5.74, 6) is -0.316. The molecular formula is C22H25N3O6. The highest BCUT2D eigenvalue weighted by atomic mass is 16.6. The molecule has 164 valence electrons. The Bertz CT molecular complexity index is 977. The van der Waals surface area contributed by atoms with Crippen LogP contribution in [0.3, 0.4) is 0 Å². The standard InChI is InChI=1S/C22H25N3O6/c1-15-5-4-10-24(13-15)19-9-8-16(11-20(19)25(28)29)22(27)31-14-21(26)23-17-6-3-7-18(12-17)30-2/h3,6-9,11-12,15H,4-5,10,13-14H2,1-2H3,(H,23,26). The molecular weight excluding hydrogens is 402 g/mol. The van der Waals surface area contributed by atoms with Crippen molar-refractivity contribution in [3.05, 3.63) is 58.1 Å². The number of nitro benzene ring substituents is 1. The Morgan fingerprint density at radius 2 is 2.06 bits per heavy atom. The van der Waals surface area contributed by atoms with Crippen LogP contribution in [0.1, 0.15) is 30.1 Å². The lowest BCUT2D eigenvalue weighted by atomic mass is 9.99. The molecule has 1 saturated heterocycles. The van der Waals surface area contributed by atoms with Crippen molar-refractivity contribution < 1.29 is 24.0 Å². The van der Waals surface area contributed by atoms with Crippen LogP contribution in [0.5, 0.6) is 5.75 Å². The van der Waals surface area contributed by atoms with Crippen LogP contribution < -0.4 is 15.0 Å². The highest BCUT2D eigenvalue weighted by Crippen LogP contribution is 2.32. The summed E-state index contributed by atoms with van der Waals surface area (Å²) in [5.41, 5.74) is 0.860. The monoisotopic (exact) mass is 427 g/mol. The average molecular weight is 427 g/mol. The number of piperidine rings is 1. The molecule has 1 aliphatic heterocycles. The van der Waals surface area contributed by atoms with E-state index in [0.717, 1.165) is 25.9 Å². The van der Waals surface area contributed by atoms with Crippen LogP contribution in [0.15, 0.2) is 42.5 Å². The number of hydrogen-bond donors (Lipinski definition) is 1. The average Bonchev–Trinajstić information content (AvgIpc) is 2.77. The maximum Gasteiger partial charge on any atom is 0.338 e. The van der Waals surface area contributed by atoms with Gasteiger partial charge in [-0.3, -0.25) is 14.9 Å². The maximum absolute atomic E-state index is 12.4. The van der Waals surface area contributed by atoms with Crippen molar-refractivity contribution in [1.82, 2.24) is 0 Å². The molecule has 1 heterocycles. The molecule has 1 atom stereocenters. The van der Waals surface area contributed by atoms with E-state index in [1.54, 1.807) is 30.3 Å². The van der Waals surface area contributed by atoms with E-state index in [9.17, 15) is 19.7 Å². The third-order valence-electron chi connectivity index (χ3n) is 5.09. The quantitative estimate of drug-likeness (QED) is 0.408. The minimum absolute atomic E-state index is 0.0229. The molecule has 1 amide bonds. The highest BCUT2D eigenvalue weighted by molar-refractivity contribution is 5.96. The summed E-state index contributed by atoms with van der Waals surface area (Å²) in [7, 11) is 1.51. The fourth-order valence-corrected chi connectivity index (χ4v) is 3.58. The lowest BCUT2D eigenvalue weighted by Crippen LogP contribution is -2.34. The molecule has 0 radical (unpaired) electrons. The Kier molecular flexibility index (Phi) is 7.07. The number of benzene rings is 2. The zero-order valence-electron chi connectivity index (χ0n) is 17.5. The molecule has 0 spiro atoms. The summed E-state index contributed by atoms with van der Waals surface area (Å²) in [5, 5.41) is 14.2. The summed E-state index contributed by atoms with van der Waals surface area (Å²) in [4.78, 5) is 37.5. The minimum Gasteiger partial charge on any atom is -0.497 e. The van der Waals surface area contributed by atoms with Crippen LogP contribution in [0.25, 0.3) is 0 Å². The second-order valence-electron chi connectivity index (χ2n) is 7.51. The van der Waals surface area contributed by atoms with Gasteiger partial charge in [0, 0.05) is 30.9 Å². The van der Waals surface area contributed by atoms with Crippen LogP contribution >= 0.6 is 0 Å². The van der Waals surface area contributed by atoms with Gasteiger partial charge in [0.15, 0.2) is 6.61 Å². The van der Waals surface area contributed by atoms with E-state index in [2.05, 4.69) is 12.2 Å². The summed E-state index contributed by atoms with van der Waals surface area (Å²) in [6.07, 6.45) is 2.05. The predicted octanol–water partition coefficient (Wildman–Crippen LogP) is 3.64. The van der Waals surface area contributed by atoms with Crippen LogP contribution in [0.4, 0.5) is 17.1 Å². The molecule has 2 aromatic rings. The lowest BCUT2D eigenvalue weighted by Gasteiger charge is -2.32. The normalized spacial score (nSPS) is 15.8. The Hall–Kier alpha value is -3.62. The van der Waals surface area contributed by atoms with E-state index in [-0.39, 0.29) is 11.3 Å². The number of anilines is 2. The molecule has 9 heteroatoms. The van der Waals surface area contributed by atoms with Gasteiger partial charge in [-0.25, -0.2) is 4.79 Å². The summed E-state index contributed by atoms with van der Waals surface area (Å²) in [6, 6.07) is 11.0. The van der Waals surface area contributed by atoms with Gasteiger partial charge in [0.1, 0.15) is 11.4 Å². The number of esters is 1. The first kappa shape index (κ1) is 22.1. The van der Waals surface area contributed by atoms with E-state index < -0.39 is 23.4 Å². The molecule has 9 nitrogen and oxygen atoms in total. The van der Waals surface area contributed by atoms with Crippen LogP contribution in [0.2, 0.25) is 0 Å². The van der Waals surface area contributed by atoms with E-state index in [1.165, 1.54) is 19.2 Å². The zero-order chi connectivity index (χ0) is 22.4. The van der Waals surface area contributed by atoms with Gasteiger partial charge < -0.3 is 19.7 Å². The molecule has 1 N–H and O–H groups in total. The van der Waals surface area contributed by atoms with Gasteiger partial charge in [0.25, 0.3) is 11.6 Å². The third kappa shape index (κ3) is 5.71. The first-order valence-corrected chi connectivity index (χ1v) is 10.0. The highest BCUT2D eigenvalue weighted by Gasteiger charge is 2.25. The van der Waals surface area contributed by atoms with Gasteiger partial charge in [0.05, 0.1) is 17.6 Å². The summed E-state index contributed by atoms with van der Waals surface area (Å²) < 4.78 is 10.1. The Labute approximate surface area is 180 Å². The fraction of sp³-hybridized carbons (Fsp3) is 0.364. The third-order valence-corrected chi connectivity index (χ3v) is 5.09. The first-order chi connectivity index (χ1) is 14.9. The Balaban J connectivity index is 1.65. The number of nitrogens with zero attached hydrogens (tertiary/aromatic N) is 2. The van der Waals surface area contributed by atoms with Gasteiger partial charge in [-0.2, -0.15) is 0 Å². The van der Waals surface area contributed by atoms with Crippen molar-refractivity contribution in [3.63, 3.8) is 0 Å². The second kappa shape index (κ2) is 9.92. The van der Waals surface area contributed by atoms with Crippen molar-refractivity contribution in [3.8, 4) is 5.75 Å². The van der Waals surface area contributed by atoms with Gasteiger partial charge >= 0.3 is 5.97 Å². The second-order valence-corrected chi connectivity index (χ2v) is 7.51. The van der Waals surface area contributed by atoms with Crippen molar-refractivity contribution in [2.45, 2.75) is 19.8 Å². The van der Waals surface area contributed by atoms with Gasteiger partial charge in [-0.05, 0) is 43.0 Å². The largest absolute Gasteiger partial charge is 0.497 e. The van der Waals surface area contributed by atoms with Crippen LogP contribution in [-0.4, -0.2) is 43.6 Å². The number of rotatable bonds is 7. The smallest absolute Gasteiger partial charge is 0.338 e. The number of carbonyl (C=O) groups excluding carboxylic acids is 2. The van der Waals surface area contributed by atoms with Gasteiger partial charge in [-0.15, -0.1) is 0 Å². The van der Waals surface area contributed by atoms with Crippen LogP contribution in [-0.2, 0) is 9.53 Å². The zero-order valence-corrected chi connectivity index (χ0v) is 17.5. The SMILES string of the molecule is COc1cccc(NC(=O)COC(=O)c2ccc(N3CCCC(C)C3)c([N+](=O)[O-])c2)c1. The Morgan fingerprint density at radius 3 is 2.77 bits per heavy atom. The number of ether oxygens (including phenoxy) is 2. The lowest BCUT2D eigenvalue weighted by molar-refractivity contribution is -0.384. The molecule has 3 rings (SSSR count). The molecule has 1 aliphatic rings. The number of amides is 1. The van der Waals surface area contributed by atoms with Crippen LogP contribution in [0, 0.1) is 16.0 Å². The van der Waals surface area contributed by atoms with Gasteiger partial charge in [0.2, 0.25) is 0 Å². The van der Waals surface area contributed by atoms with Crippen molar-refractivity contribution >= 4 is 28.9 Å². The number of nitrogens with one attached hydrogen (secondary N) is 1. The van der Waals surface area contributed by atoms with Gasteiger partial charge in [-0.1, -0.05) is 13.0 Å². The van der Waals surface area contributed by atoms with Crippen molar-refractivity contribution in [2.75, 3.05) is 37.0 Å². The molecule has 0 saturated carbocycles. The number of nitro groups is 1. The number of methoxy groups -OCH3 is 1. The molecule has 2 aromatic carbocycles. The predicted molar refractivity (Wildman–Crippen MR) is 116 cm³/mol. The molecule has 1 unspecified atom stereocenters. The summed E-state index contributed by atoms with van der Waals surface area (Å²) >= 11 is 0. The minimum atomic E-state index is -0.803. The molecule has 31 heavy (non-hydrogen) atoms. The van der Waals surface area contributed by atoms with E-state index in [4.69, 9.17) is 9.47 Å². The number of carbonyl (C=O) groups is 2. The van der Waals surface area contributed by atoms with E-state index >= 15 is 0 Å². The number of hydrogen-bond acceptors (Lipinski definition) is 7.